The lowest BCUT2D eigenvalue weighted by Gasteiger charge is -2.44. The predicted molar refractivity (Wildman–Crippen MR) is 94.9 cm³/mol. The summed E-state index contributed by atoms with van der Waals surface area (Å²) in [7, 11) is 0. The zero-order valence-corrected chi connectivity index (χ0v) is 15.1. The van der Waals surface area contributed by atoms with Crippen LogP contribution in [0.1, 0.15) is 44.9 Å². The molecule has 1 N–H and O–H groups in total. The largest absolute Gasteiger partial charge is 0.318 e. The van der Waals surface area contributed by atoms with Crippen LogP contribution in [0.15, 0.2) is 0 Å². The second kappa shape index (κ2) is 7.13. The Labute approximate surface area is 149 Å². The van der Waals surface area contributed by atoms with Gasteiger partial charge in [-0.25, -0.2) is 0 Å². The normalized spacial score (nSPS) is 38.0. The lowest BCUT2D eigenvalue weighted by molar-refractivity contribution is -0.144. The van der Waals surface area contributed by atoms with Crippen molar-refractivity contribution in [2.24, 2.45) is 17.8 Å². The van der Waals surface area contributed by atoms with Gasteiger partial charge in [0.05, 0.1) is 5.92 Å². The summed E-state index contributed by atoms with van der Waals surface area (Å²) < 4.78 is 0. The number of hydrogen-bond donors (Lipinski definition) is 1. The number of fused-ring (bicyclic) bond motifs is 1. The van der Waals surface area contributed by atoms with Crippen molar-refractivity contribution < 1.29 is 4.79 Å². The summed E-state index contributed by atoms with van der Waals surface area (Å²) in [4.78, 5) is 16.9. The number of nitriles is 1. The van der Waals surface area contributed by atoms with Crippen LogP contribution >= 0.6 is 11.8 Å². The molecule has 132 valence electrons. The molecule has 24 heavy (non-hydrogen) atoms. The molecular formula is C18H28N4OS. The van der Waals surface area contributed by atoms with E-state index in [1.54, 1.807) is 4.90 Å². The topological polar surface area (TPSA) is 59.4 Å². The predicted octanol–water partition coefficient (Wildman–Crippen LogP) is 2.21. The molecule has 4 fully saturated rings. The molecule has 3 saturated heterocycles. The molecule has 4 aliphatic rings. The van der Waals surface area contributed by atoms with Crippen molar-refractivity contribution in [3.05, 3.63) is 0 Å². The number of rotatable bonds is 2. The SMILES string of the molecule is N#CN1CC[C@@H]2CCN(C3NCC(C4CCCCC4)S3)C(=O)[C@@H]2C1. The molecule has 0 bridgehead atoms. The Morgan fingerprint density at radius 2 is 1.88 bits per heavy atom. The van der Waals surface area contributed by atoms with Gasteiger partial charge in [0.15, 0.2) is 6.19 Å². The van der Waals surface area contributed by atoms with Gasteiger partial charge in [0.1, 0.15) is 5.50 Å². The molecule has 2 unspecified atom stereocenters. The van der Waals surface area contributed by atoms with Crippen molar-refractivity contribution >= 4 is 17.7 Å². The van der Waals surface area contributed by atoms with Gasteiger partial charge in [-0.1, -0.05) is 19.3 Å². The van der Waals surface area contributed by atoms with Crippen LogP contribution in [0.5, 0.6) is 0 Å². The number of carbonyl (C=O) groups is 1. The van der Waals surface area contributed by atoms with Gasteiger partial charge in [0, 0.05) is 31.4 Å². The van der Waals surface area contributed by atoms with Gasteiger partial charge in [-0.3, -0.25) is 10.1 Å². The maximum Gasteiger partial charge on any atom is 0.229 e. The first-order valence-electron chi connectivity index (χ1n) is 9.60. The molecule has 3 aliphatic heterocycles. The summed E-state index contributed by atoms with van der Waals surface area (Å²) in [6.07, 6.45) is 11.2. The van der Waals surface area contributed by atoms with Gasteiger partial charge < -0.3 is 9.80 Å². The van der Waals surface area contributed by atoms with Gasteiger partial charge in [0.2, 0.25) is 5.91 Å². The molecule has 1 aliphatic carbocycles. The van der Waals surface area contributed by atoms with Crippen molar-refractivity contribution in [3.63, 3.8) is 0 Å². The van der Waals surface area contributed by atoms with Crippen molar-refractivity contribution in [2.45, 2.75) is 55.7 Å². The molecule has 3 heterocycles. The van der Waals surface area contributed by atoms with Crippen LogP contribution in [0.4, 0.5) is 0 Å². The fourth-order valence-corrected chi connectivity index (χ4v) is 6.59. The summed E-state index contributed by atoms with van der Waals surface area (Å²) in [5.41, 5.74) is 0.155. The zero-order valence-electron chi connectivity index (χ0n) is 14.3. The molecule has 4 atom stereocenters. The molecule has 0 spiro atoms. The van der Waals surface area contributed by atoms with Gasteiger partial charge in [-0.05, 0) is 37.5 Å². The number of piperidine rings is 2. The minimum Gasteiger partial charge on any atom is -0.318 e. The Kier molecular flexibility index (Phi) is 4.91. The van der Waals surface area contributed by atoms with E-state index in [2.05, 4.69) is 16.4 Å². The van der Waals surface area contributed by atoms with E-state index in [0.717, 1.165) is 38.4 Å². The minimum absolute atomic E-state index is 0.0308. The van der Waals surface area contributed by atoms with Gasteiger partial charge in [-0.15, -0.1) is 11.8 Å². The summed E-state index contributed by atoms with van der Waals surface area (Å²) in [6, 6.07) is 0. The van der Waals surface area contributed by atoms with Crippen LogP contribution in [0.2, 0.25) is 0 Å². The molecule has 0 aromatic heterocycles. The average Bonchev–Trinajstić information content (AvgIpc) is 3.12. The molecule has 1 saturated carbocycles. The second-order valence-corrected chi connectivity index (χ2v) is 9.18. The molecular weight excluding hydrogens is 320 g/mol. The van der Waals surface area contributed by atoms with Gasteiger partial charge >= 0.3 is 0 Å². The van der Waals surface area contributed by atoms with Gasteiger partial charge in [-0.2, -0.15) is 5.26 Å². The average molecular weight is 349 g/mol. The molecule has 0 aromatic rings. The van der Waals surface area contributed by atoms with E-state index in [1.807, 2.05) is 11.8 Å². The highest BCUT2D eigenvalue weighted by Crippen LogP contribution is 2.40. The molecule has 4 rings (SSSR count). The summed E-state index contributed by atoms with van der Waals surface area (Å²) in [6.45, 7) is 3.38. The molecule has 6 heteroatoms. The number of thioether (sulfide) groups is 1. The maximum atomic E-state index is 13.0. The van der Waals surface area contributed by atoms with E-state index in [4.69, 9.17) is 5.26 Å². The third kappa shape index (κ3) is 3.13. The Hall–Kier alpha value is -0.930. The molecule has 0 radical (unpaired) electrons. The number of hydrogen-bond acceptors (Lipinski definition) is 5. The van der Waals surface area contributed by atoms with Crippen molar-refractivity contribution in [3.8, 4) is 6.19 Å². The maximum absolute atomic E-state index is 13.0. The quantitative estimate of drug-likeness (QED) is 0.775. The molecule has 1 amide bonds. The standard InChI is InChI=1S/C18H28N4OS/c19-12-21-8-6-13-7-9-22(17(23)15(13)11-21)18-20-10-16(24-18)14-4-2-1-3-5-14/h13-16,18,20H,1-11H2/t13-,15-,16?,18?/m1/s1. The Morgan fingerprint density at radius 3 is 2.67 bits per heavy atom. The van der Waals surface area contributed by atoms with Crippen LogP contribution in [0, 0.1) is 29.2 Å². The Balaban J connectivity index is 1.38. The fraction of sp³-hybridized carbons (Fsp3) is 0.889. The Bertz CT molecular complexity index is 516. The molecule has 0 aromatic carbocycles. The summed E-state index contributed by atoms with van der Waals surface area (Å²) in [5, 5.41) is 13.4. The van der Waals surface area contributed by atoms with Crippen LogP contribution in [-0.2, 0) is 4.79 Å². The fourth-order valence-electron chi connectivity index (χ4n) is 5.02. The van der Waals surface area contributed by atoms with E-state index in [9.17, 15) is 4.79 Å². The van der Waals surface area contributed by atoms with Crippen molar-refractivity contribution in [1.29, 1.82) is 5.26 Å². The van der Waals surface area contributed by atoms with Crippen LogP contribution in [0.3, 0.4) is 0 Å². The van der Waals surface area contributed by atoms with E-state index in [-0.39, 0.29) is 17.3 Å². The summed E-state index contributed by atoms with van der Waals surface area (Å²) in [5.74, 6) is 1.63. The first kappa shape index (κ1) is 16.5. The first-order chi connectivity index (χ1) is 11.8. The zero-order chi connectivity index (χ0) is 16.5. The lowest BCUT2D eigenvalue weighted by atomic mass is 9.80. The van der Waals surface area contributed by atoms with Crippen LogP contribution in [-0.4, -0.2) is 52.6 Å². The van der Waals surface area contributed by atoms with E-state index < -0.39 is 0 Å². The number of likely N-dealkylation sites (tertiary alicyclic amines) is 2. The highest BCUT2D eigenvalue weighted by atomic mass is 32.2. The number of nitrogens with zero attached hydrogens (tertiary/aromatic N) is 3. The number of nitrogens with one attached hydrogen (secondary N) is 1. The first-order valence-corrected chi connectivity index (χ1v) is 10.5. The smallest absolute Gasteiger partial charge is 0.229 e. The van der Waals surface area contributed by atoms with E-state index >= 15 is 0 Å². The highest BCUT2D eigenvalue weighted by Gasteiger charge is 2.44. The monoisotopic (exact) mass is 348 g/mol. The molecule has 5 nitrogen and oxygen atoms in total. The third-order valence-corrected chi connectivity index (χ3v) is 8.07. The van der Waals surface area contributed by atoms with Crippen LogP contribution in [0.25, 0.3) is 0 Å². The number of carbonyl (C=O) groups excluding carboxylic acids is 1. The Morgan fingerprint density at radius 1 is 1.08 bits per heavy atom. The van der Waals surface area contributed by atoms with Crippen molar-refractivity contribution in [2.75, 3.05) is 26.2 Å². The third-order valence-electron chi connectivity index (χ3n) is 6.49. The minimum atomic E-state index is 0.0308. The van der Waals surface area contributed by atoms with Crippen molar-refractivity contribution in [1.82, 2.24) is 15.1 Å². The summed E-state index contributed by atoms with van der Waals surface area (Å²) >= 11 is 1.99. The van der Waals surface area contributed by atoms with Crippen LogP contribution < -0.4 is 5.32 Å². The second-order valence-electron chi connectivity index (χ2n) is 7.85. The van der Waals surface area contributed by atoms with E-state index in [0.29, 0.717) is 17.7 Å². The number of amides is 1. The highest BCUT2D eigenvalue weighted by molar-refractivity contribution is 8.00. The van der Waals surface area contributed by atoms with Gasteiger partial charge in [0.25, 0.3) is 0 Å². The lowest BCUT2D eigenvalue weighted by Crippen LogP contribution is -2.56. The van der Waals surface area contributed by atoms with E-state index in [1.165, 1.54) is 32.1 Å².